The summed E-state index contributed by atoms with van der Waals surface area (Å²) in [4.78, 5) is 15.2. The molecule has 0 aromatic carbocycles. The summed E-state index contributed by atoms with van der Waals surface area (Å²) in [6.45, 7) is 2.09. The maximum absolute atomic E-state index is 12.9. The van der Waals surface area contributed by atoms with E-state index in [1.165, 1.54) is 28.0 Å². The number of thioether (sulfide) groups is 2. The molecule has 3 aromatic heterocycles. The smallest absolute Gasteiger partial charge is 0.253 e. The molecule has 0 saturated heterocycles. The molecule has 0 radical (unpaired) electrons. The van der Waals surface area contributed by atoms with E-state index < -0.39 is 0 Å². The molecule has 1 amide bonds. The van der Waals surface area contributed by atoms with Crippen LogP contribution in [0.2, 0.25) is 0 Å². The SMILES string of the molecule is CCSc1nnc(SCC(=O)N2N=C(c3cccs3)CC2c2cccs2)s1. The molecular formula is C17H16N4OS5. The number of hydrogen-bond acceptors (Lipinski definition) is 9. The summed E-state index contributed by atoms with van der Waals surface area (Å²) in [5.41, 5.74) is 0.985. The largest absolute Gasteiger partial charge is 0.272 e. The van der Waals surface area contributed by atoms with Crippen molar-refractivity contribution in [3.8, 4) is 0 Å². The first-order valence-corrected chi connectivity index (χ1v) is 12.8. The zero-order valence-electron chi connectivity index (χ0n) is 14.4. The molecule has 0 bridgehead atoms. The standard InChI is InChI=1S/C17H16N4OS5/c1-2-23-16-18-19-17(27-16)26-10-15(22)21-12(14-6-4-8-25-14)9-11(20-21)13-5-3-7-24-13/h3-8,12H,2,9-10H2,1H3. The van der Waals surface area contributed by atoms with Gasteiger partial charge in [0.05, 0.1) is 22.4 Å². The lowest BCUT2D eigenvalue weighted by atomic mass is 10.1. The lowest BCUT2D eigenvalue weighted by Gasteiger charge is -2.20. The quantitative estimate of drug-likeness (QED) is 0.459. The highest BCUT2D eigenvalue weighted by Gasteiger charge is 2.34. The van der Waals surface area contributed by atoms with Gasteiger partial charge in [-0.1, -0.05) is 53.9 Å². The van der Waals surface area contributed by atoms with Crippen LogP contribution in [0.1, 0.15) is 29.1 Å². The van der Waals surface area contributed by atoms with Crippen molar-refractivity contribution in [1.29, 1.82) is 0 Å². The van der Waals surface area contributed by atoms with Gasteiger partial charge in [0.25, 0.3) is 5.91 Å². The van der Waals surface area contributed by atoms with E-state index in [4.69, 9.17) is 0 Å². The van der Waals surface area contributed by atoms with Gasteiger partial charge in [0.1, 0.15) is 0 Å². The lowest BCUT2D eigenvalue weighted by Crippen LogP contribution is -2.28. The minimum Gasteiger partial charge on any atom is -0.272 e. The number of carbonyl (C=O) groups is 1. The second-order valence-corrected chi connectivity index (χ2v) is 11.2. The Hall–Kier alpha value is -1.20. The Kier molecular flexibility index (Phi) is 6.28. The van der Waals surface area contributed by atoms with E-state index in [2.05, 4.69) is 34.4 Å². The number of amides is 1. The van der Waals surface area contributed by atoms with Gasteiger partial charge in [-0.05, 0) is 28.6 Å². The summed E-state index contributed by atoms with van der Waals surface area (Å²) in [7, 11) is 0. The summed E-state index contributed by atoms with van der Waals surface area (Å²) in [5, 5.41) is 18.7. The second-order valence-electron chi connectivity index (χ2n) is 5.55. The molecule has 0 spiro atoms. The van der Waals surface area contributed by atoms with Gasteiger partial charge in [-0.25, -0.2) is 5.01 Å². The molecule has 27 heavy (non-hydrogen) atoms. The van der Waals surface area contributed by atoms with Gasteiger partial charge in [0.2, 0.25) is 0 Å². The Labute approximate surface area is 177 Å². The highest BCUT2D eigenvalue weighted by atomic mass is 32.2. The predicted molar refractivity (Wildman–Crippen MR) is 116 cm³/mol. The van der Waals surface area contributed by atoms with Crippen LogP contribution in [-0.4, -0.2) is 38.3 Å². The Morgan fingerprint density at radius 1 is 1.19 bits per heavy atom. The van der Waals surface area contributed by atoms with Gasteiger partial charge >= 0.3 is 0 Å². The molecule has 4 heterocycles. The molecule has 1 atom stereocenters. The average Bonchev–Trinajstić information content (AvgIpc) is 3.47. The van der Waals surface area contributed by atoms with Gasteiger partial charge < -0.3 is 0 Å². The maximum atomic E-state index is 12.9. The molecule has 5 nitrogen and oxygen atoms in total. The van der Waals surface area contributed by atoms with E-state index >= 15 is 0 Å². The first-order valence-electron chi connectivity index (χ1n) is 8.30. The molecule has 1 unspecified atom stereocenters. The van der Waals surface area contributed by atoms with Crippen LogP contribution in [0, 0.1) is 0 Å². The number of nitrogens with zero attached hydrogens (tertiary/aromatic N) is 4. The number of aromatic nitrogens is 2. The highest BCUT2D eigenvalue weighted by Crippen LogP contribution is 2.37. The average molecular weight is 453 g/mol. The number of hydrogen-bond donors (Lipinski definition) is 0. The van der Waals surface area contributed by atoms with E-state index in [-0.39, 0.29) is 11.9 Å². The van der Waals surface area contributed by atoms with E-state index in [0.717, 1.165) is 31.4 Å². The van der Waals surface area contributed by atoms with Gasteiger partial charge in [-0.2, -0.15) is 5.10 Å². The third kappa shape index (κ3) is 4.45. The van der Waals surface area contributed by atoms with Crippen molar-refractivity contribution in [3.05, 3.63) is 44.8 Å². The molecule has 0 N–H and O–H groups in total. The molecule has 0 saturated carbocycles. The fourth-order valence-electron chi connectivity index (χ4n) is 2.66. The molecule has 0 aliphatic carbocycles. The number of carbonyl (C=O) groups excluding carboxylic acids is 1. The van der Waals surface area contributed by atoms with Gasteiger partial charge in [0.15, 0.2) is 8.68 Å². The van der Waals surface area contributed by atoms with E-state index in [1.54, 1.807) is 39.4 Å². The van der Waals surface area contributed by atoms with E-state index in [1.807, 2.05) is 22.9 Å². The minimum absolute atomic E-state index is 0.00449. The lowest BCUT2D eigenvalue weighted by molar-refractivity contribution is -0.130. The molecule has 140 valence electrons. The zero-order chi connectivity index (χ0) is 18.6. The van der Waals surface area contributed by atoms with Crippen LogP contribution >= 0.6 is 57.5 Å². The van der Waals surface area contributed by atoms with Crippen molar-refractivity contribution >= 4 is 69.2 Å². The van der Waals surface area contributed by atoms with Crippen LogP contribution < -0.4 is 0 Å². The number of thiophene rings is 2. The van der Waals surface area contributed by atoms with Crippen LogP contribution in [0.25, 0.3) is 0 Å². The fourth-order valence-corrected chi connectivity index (χ4v) is 6.96. The van der Waals surface area contributed by atoms with Crippen molar-refractivity contribution in [2.75, 3.05) is 11.5 Å². The van der Waals surface area contributed by atoms with Crippen LogP contribution in [-0.2, 0) is 4.79 Å². The molecule has 3 aromatic rings. The van der Waals surface area contributed by atoms with Gasteiger partial charge in [0, 0.05) is 11.3 Å². The predicted octanol–water partition coefficient (Wildman–Crippen LogP) is 5.24. The molecule has 10 heteroatoms. The van der Waals surface area contributed by atoms with Crippen LogP contribution in [0.15, 0.2) is 48.8 Å². The van der Waals surface area contributed by atoms with Crippen molar-refractivity contribution in [3.63, 3.8) is 0 Å². The first-order chi connectivity index (χ1) is 13.2. The summed E-state index contributed by atoms with van der Waals surface area (Å²) in [5.74, 6) is 1.29. The third-order valence-electron chi connectivity index (χ3n) is 3.82. The fraction of sp³-hybridized carbons (Fsp3) is 0.294. The molecule has 1 aliphatic rings. The normalized spacial score (nSPS) is 16.7. The van der Waals surface area contributed by atoms with Crippen molar-refractivity contribution < 1.29 is 4.79 Å². The zero-order valence-corrected chi connectivity index (χ0v) is 18.5. The van der Waals surface area contributed by atoms with Crippen molar-refractivity contribution in [2.45, 2.75) is 28.1 Å². The van der Waals surface area contributed by atoms with Crippen molar-refractivity contribution in [2.24, 2.45) is 5.10 Å². The van der Waals surface area contributed by atoms with E-state index in [0.29, 0.717) is 5.75 Å². The number of rotatable bonds is 7. The summed E-state index contributed by atoms with van der Waals surface area (Å²) >= 11 is 7.98. The maximum Gasteiger partial charge on any atom is 0.253 e. The summed E-state index contributed by atoms with van der Waals surface area (Å²) in [6.07, 6.45) is 0.757. The molecule has 1 aliphatic heterocycles. The summed E-state index contributed by atoms with van der Waals surface area (Å²) in [6, 6.07) is 8.16. The van der Waals surface area contributed by atoms with Crippen molar-refractivity contribution in [1.82, 2.24) is 15.2 Å². The number of hydrazone groups is 1. The highest BCUT2D eigenvalue weighted by molar-refractivity contribution is 8.03. The Morgan fingerprint density at radius 2 is 1.96 bits per heavy atom. The van der Waals surface area contributed by atoms with Crippen LogP contribution in [0.5, 0.6) is 0 Å². The Morgan fingerprint density at radius 3 is 2.67 bits per heavy atom. The topological polar surface area (TPSA) is 58.5 Å². The van der Waals surface area contributed by atoms with Gasteiger partial charge in [-0.15, -0.1) is 32.9 Å². The molecular weight excluding hydrogens is 437 g/mol. The minimum atomic E-state index is -0.0178. The third-order valence-corrected chi connectivity index (χ3v) is 8.77. The Balaban J connectivity index is 1.48. The van der Waals surface area contributed by atoms with E-state index in [9.17, 15) is 4.79 Å². The van der Waals surface area contributed by atoms with Crippen LogP contribution in [0.4, 0.5) is 0 Å². The Bertz CT molecular complexity index is 919. The molecule has 0 fully saturated rings. The second kappa shape index (κ2) is 8.87. The molecule has 4 rings (SSSR count). The monoisotopic (exact) mass is 452 g/mol. The summed E-state index contributed by atoms with van der Waals surface area (Å²) < 4.78 is 1.77. The first kappa shape index (κ1) is 19.1. The van der Waals surface area contributed by atoms with Crippen LogP contribution in [0.3, 0.4) is 0 Å². The van der Waals surface area contributed by atoms with Gasteiger partial charge in [-0.3, -0.25) is 4.79 Å².